The molecule has 5 aliphatic rings. The van der Waals surface area contributed by atoms with Gasteiger partial charge in [-0.2, -0.15) is 0 Å². The molecule has 10 rings (SSSR count). The van der Waals surface area contributed by atoms with Crippen LogP contribution in [0.1, 0.15) is 99.1 Å². The van der Waals surface area contributed by atoms with Crippen LogP contribution >= 0.6 is 0 Å². The number of hydrogen-bond acceptors (Lipinski definition) is 9. The summed E-state index contributed by atoms with van der Waals surface area (Å²) in [5.74, 6) is 0.678. The van der Waals surface area contributed by atoms with Crippen molar-refractivity contribution in [1.29, 1.82) is 0 Å². The van der Waals surface area contributed by atoms with Crippen molar-refractivity contribution in [2.24, 2.45) is 11.8 Å². The van der Waals surface area contributed by atoms with Crippen molar-refractivity contribution in [2.75, 3.05) is 33.4 Å². The summed E-state index contributed by atoms with van der Waals surface area (Å²) in [6.07, 6.45) is 8.47. The van der Waals surface area contributed by atoms with Crippen molar-refractivity contribution in [3.8, 4) is 22.4 Å². The molecule has 3 fully saturated rings. The summed E-state index contributed by atoms with van der Waals surface area (Å²) in [6, 6.07) is 27.7. The number of rotatable bonds is 12. The monoisotopic (exact) mass is 918 g/mol. The van der Waals surface area contributed by atoms with E-state index in [0.29, 0.717) is 32.7 Å². The van der Waals surface area contributed by atoms with Gasteiger partial charge in [-0.1, -0.05) is 86.6 Å². The quantitative estimate of drug-likeness (QED) is 0.0850. The van der Waals surface area contributed by atoms with Crippen LogP contribution in [0.5, 0.6) is 0 Å². The van der Waals surface area contributed by atoms with E-state index in [1.807, 2.05) is 60.2 Å². The molecule has 14 heteroatoms. The summed E-state index contributed by atoms with van der Waals surface area (Å²) in [6.45, 7) is 6.44. The van der Waals surface area contributed by atoms with Crippen LogP contribution < -0.4 is 21.3 Å². The average Bonchev–Trinajstić information content (AvgIpc) is 4.22. The number of aromatic amines is 1. The smallest absolute Gasteiger partial charge is 0.407 e. The Kier molecular flexibility index (Phi) is 12.9. The van der Waals surface area contributed by atoms with Crippen LogP contribution in [0.15, 0.2) is 91.1 Å². The fraction of sp³-hybridized carbons (Fsp3) is 0.426. The number of ether oxygens (including phenoxy) is 2. The first-order valence-electron chi connectivity index (χ1n) is 24.5. The van der Waals surface area contributed by atoms with Gasteiger partial charge in [0.1, 0.15) is 24.1 Å². The summed E-state index contributed by atoms with van der Waals surface area (Å²) < 4.78 is 10.3. The number of aryl methyl sites for hydroxylation is 2. The predicted molar refractivity (Wildman–Crippen MR) is 260 cm³/mol. The van der Waals surface area contributed by atoms with Crippen molar-refractivity contribution in [3.63, 3.8) is 0 Å². The molecule has 5 N–H and O–H groups in total. The zero-order valence-corrected chi connectivity index (χ0v) is 39.2. The molecule has 0 saturated carbocycles. The number of methoxy groups -OCH3 is 1. The van der Waals surface area contributed by atoms with Crippen LogP contribution in [-0.2, 0) is 36.7 Å². The molecule has 0 bridgehead atoms. The number of alkyl carbamates (subject to hydrolysis) is 1. The summed E-state index contributed by atoms with van der Waals surface area (Å²) >= 11 is 0. The molecule has 354 valence electrons. The standard InChI is InChI=1S/C54H62N8O6/c1-32(2)47(60-54(66)67-3)52(64)62-24-8-12-45(62)51-56-42-20-18-39-29-38(17-19-41(39)49(42)59-51)35-13-14-37-30-40(16-15-36(37)28-35)43-31-55-50(57-43)44-11-7-23-61(44)53(65)48(34-9-5-4-6-10-34)58-46(63)27-33-21-25-68-26-22-33/h4-6,9-10,13-17,19,28-33,44-45,47-48,50,55,57H,7-8,11-12,18,20-27H2,1-3H3,(H,56,59)(H,58,63)(H,60,66)/t44-,45-,47-,48+,50?/m0/s1. The highest BCUT2D eigenvalue weighted by molar-refractivity contribution is 5.92. The van der Waals surface area contributed by atoms with Gasteiger partial charge in [-0.3, -0.25) is 14.4 Å². The Morgan fingerprint density at radius 3 is 2.31 bits per heavy atom. The lowest BCUT2D eigenvalue weighted by molar-refractivity contribution is -0.138. The number of H-pyrrole nitrogens is 1. The van der Waals surface area contributed by atoms with E-state index in [-0.39, 0.29) is 47.8 Å². The molecule has 14 nitrogen and oxygen atoms in total. The SMILES string of the molecule is COC(=O)N[C@H](C(=O)N1CCC[C@H]1c1nc2c([nH]1)CCc1cc(-c3ccc4cc(C5=CNC([C@@H]6CCCN6C(=O)[C@H](NC(=O)CC6CCOCC6)c6ccccc6)N5)ccc4c3)ccc1-2)C(C)C. The molecule has 5 aromatic rings. The molecule has 0 spiro atoms. The minimum Gasteiger partial charge on any atom is -0.453 e. The summed E-state index contributed by atoms with van der Waals surface area (Å²) in [5.41, 5.74) is 9.52. The molecule has 1 aromatic heterocycles. The van der Waals surface area contributed by atoms with E-state index in [4.69, 9.17) is 14.5 Å². The third kappa shape index (κ3) is 9.17. The van der Waals surface area contributed by atoms with E-state index in [9.17, 15) is 19.2 Å². The molecule has 4 amide bonds. The zero-order valence-electron chi connectivity index (χ0n) is 39.2. The van der Waals surface area contributed by atoms with Gasteiger partial charge in [0, 0.05) is 50.2 Å². The first kappa shape index (κ1) is 45.1. The number of carbonyl (C=O) groups excluding carboxylic acids is 4. The Morgan fingerprint density at radius 1 is 0.809 bits per heavy atom. The average molecular weight is 919 g/mol. The number of benzene rings is 4. The molecule has 5 heterocycles. The van der Waals surface area contributed by atoms with E-state index in [1.165, 1.54) is 12.7 Å². The molecular weight excluding hydrogens is 857 g/mol. The lowest BCUT2D eigenvalue weighted by Gasteiger charge is -2.33. The van der Waals surface area contributed by atoms with E-state index in [2.05, 4.69) is 80.8 Å². The first-order valence-corrected chi connectivity index (χ1v) is 24.5. The van der Waals surface area contributed by atoms with Gasteiger partial charge in [-0.05, 0) is 114 Å². The fourth-order valence-corrected chi connectivity index (χ4v) is 11.0. The van der Waals surface area contributed by atoms with E-state index < -0.39 is 18.2 Å². The molecule has 5 atom stereocenters. The Balaban J connectivity index is 0.803. The predicted octanol–water partition coefficient (Wildman–Crippen LogP) is 7.52. The van der Waals surface area contributed by atoms with Crippen LogP contribution in [0, 0.1) is 11.8 Å². The van der Waals surface area contributed by atoms with Crippen LogP contribution in [-0.4, -0.2) is 95.2 Å². The van der Waals surface area contributed by atoms with Crippen LogP contribution in [0.2, 0.25) is 0 Å². The zero-order chi connectivity index (χ0) is 46.9. The van der Waals surface area contributed by atoms with Crippen molar-refractivity contribution in [3.05, 3.63) is 119 Å². The summed E-state index contributed by atoms with van der Waals surface area (Å²) in [4.78, 5) is 66.2. The lowest BCUT2D eigenvalue weighted by Crippen LogP contribution is -2.54. The van der Waals surface area contributed by atoms with Crippen LogP contribution in [0.4, 0.5) is 4.79 Å². The number of aromatic nitrogens is 2. The Bertz CT molecular complexity index is 2730. The third-order valence-electron chi connectivity index (χ3n) is 14.7. The number of imidazole rings is 1. The number of nitrogens with zero attached hydrogens (tertiary/aromatic N) is 3. The molecule has 3 saturated heterocycles. The molecule has 4 aromatic carbocycles. The van der Waals surface area contributed by atoms with Crippen LogP contribution in [0.25, 0.3) is 38.9 Å². The Morgan fingerprint density at radius 2 is 1.53 bits per heavy atom. The second kappa shape index (κ2) is 19.5. The maximum absolute atomic E-state index is 14.4. The summed E-state index contributed by atoms with van der Waals surface area (Å²) in [5, 5.41) is 15.4. The fourth-order valence-electron chi connectivity index (χ4n) is 11.0. The molecule has 1 aliphatic carbocycles. The van der Waals surface area contributed by atoms with Gasteiger partial charge in [0.05, 0.1) is 30.6 Å². The number of carbonyl (C=O) groups is 4. The summed E-state index contributed by atoms with van der Waals surface area (Å²) in [7, 11) is 1.31. The highest BCUT2D eigenvalue weighted by Gasteiger charge is 2.41. The number of likely N-dealkylation sites (tertiary alicyclic amines) is 2. The van der Waals surface area contributed by atoms with Crippen molar-refractivity contribution in [2.45, 2.75) is 102 Å². The molecular formula is C54H62N8O6. The maximum atomic E-state index is 14.4. The lowest BCUT2D eigenvalue weighted by atomic mass is 9.89. The van der Waals surface area contributed by atoms with Gasteiger partial charge < -0.3 is 45.5 Å². The van der Waals surface area contributed by atoms with Gasteiger partial charge >= 0.3 is 6.09 Å². The number of nitrogens with one attached hydrogen (secondary N) is 5. The minimum absolute atomic E-state index is 0.0783. The highest BCUT2D eigenvalue weighted by atomic mass is 16.5. The van der Waals surface area contributed by atoms with Gasteiger partial charge in [0.2, 0.25) is 17.7 Å². The normalized spacial score (nSPS) is 21.1. The van der Waals surface area contributed by atoms with Gasteiger partial charge in [0.25, 0.3) is 0 Å². The second-order valence-electron chi connectivity index (χ2n) is 19.4. The van der Waals surface area contributed by atoms with E-state index in [1.54, 1.807) is 0 Å². The Hall–Kier alpha value is -6.67. The van der Waals surface area contributed by atoms with Gasteiger partial charge in [-0.15, -0.1) is 0 Å². The number of amides is 4. The minimum atomic E-state index is -0.751. The van der Waals surface area contributed by atoms with E-state index >= 15 is 0 Å². The molecule has 0 radical (unpaired) electrons. The van der Waals surface area contributed by atoms with Gasteiger partial charge in [-0.25, -0.2) is 9.78 Å². The molecule has 4 aliphatic heterocycles. The highest BCUT2D eigenvalue weighted by Crippen LogP contribution is 2.39. The first-order chi connectivity index (χ1) is 33.1. The molecule has 68 heavy (non-hydrogen) atoms. The Labute approximate surface area is 397 Å². The maximum Gasteiger partial charge on any atom is 0.407 e. The van der Waals surface area contributed by atoms with Crippen molar-refractivity contribution in [1.82, 2.24) is 41.0 Å². The van der Waals surface area contributed by atoms with E-state index in [0.717, 1.165) is 113 Å². The topological polar surface area (TPSA) is 170 Å². The number of hydrogen-bond donors (Lipinski definition) is 5. The third-order valence-corrected chi connectivity index (χ3v) is 14.7. The van der Waals surface area contributed by atoms with Crippen molar-refractivity contribution >= 4 is 40.3 Å². The van der Waals surface area contributed by atoms with Gasteiger partial charge in [0.15, 0.2) is 0 Å². The van der Waals surface area contributed by atoms with Crippen molar-refractivity contribution < 1.29 is 28.7 Å². The van der Waals surface area contributed by atoms with Crippen LogP contribution in [0.3, 0.4) is 0 Å². The molecule has 1 unspecified atom stereocenters. The second-order valence-corrected chi connectivity index (χ2v) is 19.4. The largest absolute Gasteiger partial charge is 0.453 e. The number of fused-ring (bicyclic) bond motifs is 4.